The van der Waals surface area contributed by atoms with E-state index in [9.17, 15) is 4.79 Å². The van der Waals surface area contributed by atoms with E-state index in [0.29, 0.717) is 32.9 Å². The number of nitrogens with one attached hydrogen (secondary N) is 1. The maximum Gasteiger partial charge on any atom is 0.281 e. The number of carbonyl (C=O) groups is 1. The molecule has 0 radical (unpaired) electrons. The Hall–Kier alpha value is -2.57. The fourth-order valence-corrected chi connectivity index (χ4v) is 3.63. The number of thiocarbonyl (C=S) groups is 1. The lowest BCUT2D eigenvalue weighted by Crippen LogP contribution is -2.30. The summed E-state index contributed by atoms with van der Waals surface area (Å²) in [6.07, 6.45) is 1.69. The van der Waals surface area contributed by atoms with E-state index in [-0.39, 0.29) is 5.91 Å². The first-order valence-corrected chi connectivity index (χ1v) is 8.99. The third kappa shape index (κ3) is 3.77. The Kier molecular flexibility index (Phi) is 5.39. The summed E-state index contributed by atoms with van der Waals surface area (Å²) in [6.45, 7) is 3.96. The molecule has 0 saturated carbocycles. The van der Waals surface area contributed by atoms with Gasteiger partial charge in [0.25, 0.3) is 5.91 Å². The number of methoxy groups -OCH3 is 2. The van der Waals surface area contributed by atoms with E-state index in [2.05, 4.69) is 5.32 Å². The summed E-state index contributed by atoms with van der Waals surface area (Å²) in [7, 11) is 3.05. The molecule has 7 heteroatoms. The first-order chi connectivity index (χ1) is 12.8. The van der Waals surface area contributed by atoms with Crippen molar-refractivity contribution in [1.82, 2.24) is 5.32 Å². The number of hydrogen-bond acceptors (Lipinski definition) is 4. The molecule has 0 atom stereocenters. The lowest BCUT2D eigenvalue weighted by Gasteiger charge is -2.15. The molecule has 140 valence electrons. The van der Waals surface area contributed by atoms with Crippen LogP contribution in [0.1, 0.15) is 16.7 Å². The van der Waals surface area contributed by atoms with Crippen molar-refractivity contribution in [3.8, 4) is 11.5 Å². The average molecular weight is 403 g/mol. The number of hydrogen-bond donors (Lipinski definition) is 1. The Morgan fingerprint density at radius 3 is 2.33 bits per heavy atom. The number of amides is 1. The third-order valence-electron chi connectivity index (χ3n) is 4.11. The molecule has 0 unspecified atom stereocenters. The van der Waals surface area contributed by atoms with Crippen molar-refractivity contribution >= 4 is 46.6 Å². The second kappa shape index (κ2) is 7.58. The smallest absolute Gasteiger partial charge is 0.281 e. The second-order valence-corrected chi connectivity index (χ2v) is 7.01. The van der Waals surface area contributed by atoms with Gasteiger partial charge >= 0.3 is 0 Å². The quantitative estimate of drug-likeness (QED) is 0.612. The van der Waals surface area contributed by atoms with Crippen LogP contribution in [0, 0.1) is 13.8 Å². The van der Waals surface area contributed by atoms with Gasteiger partial charge in [0.1, 0.15) is 5.70 Å². The largest absolute Gasteiger partial charge is 0.493 e. The van der Waals surface area contributed by atoms with Crippen LogP contribution in [-0.4, -0.2) is 25.2 Å². The van der Waals surface area contributed by atoms with Crippen LogP contribution >= 0.6 is 23.8 Å². The average Bonchev–Trinajstić information content (AvgIpc) is 2.87. The van der Waals surface area contributed by atoms with E-state index in [1.54, 1.807) is 18.2 Å². The van der Waals surface area contributed by atoms with Crippen molar-refractivity contribution < 1.29 is 14.3 Å². The predicted molar refractivity (Wildman–Crippen MR) is 112 cm³/mol. The van der Waals surface area contributed by atoms with Gasteiger partial charge in [-0.1, -0.05) is 17.7 Å². The summed E-state index contributed by atoms with van der Waals surface area (Å²) in [4.78, 5) is 14.4. The molecule has 0 bridgehead atoms. The number of rotatable bonds is 4. The minimum atomic E-state index is -0.226. The van der Waals surface area contributed by atoms with Gasteiger partial charge in [-0.15, -0.1) is 0 Å². The molecule has 1 fully saturated rings. The molecule has 1 heterocycles. The topological polar surface area (TPSA) is 50.8 Å². The van der Waals surface area contributed by atoms with Crippen LogP contribution in [0.4, 0.5) is 5.69 Å². The van der Waals surface area contributed by atoms with Crippen molar-refractivity contribution in [3.05, 3.63) is 57.7 Å². The first-order valence-electron chi connectivity index (χ1n) is 8.21. The highest BCUT2D eigenvalue weighted by Crippen LogP contribution is 2.37. The zero-order chi connectivity index (χ0) is 19.7. The minimum absolute atomic E-state index is 0.226. The number of carbonyl (C=O) groups excluding carboxylic acids is 1. The molecule has 1 aliphatic rings. The van der Waals surface area contributed by atoms with Gasteiger partial charge in [0.2, 0.25) is 0 Å². The zero-order valence-corrected chi connectivity index (χ0v) is 17.0. The highest BCUT2D eigenvalue weighted by molar-refractivity contribution is 7.80. The van der Waals surface area contributed by atoms with Crippen LogP contribution in [0.25, 0.3) is 6.08 Å². The molecule has 1 amide bonds. The molecule has 5 nitrogen and oxygen atoms in total. The van der Waals surface area contributed by atoms with Crippen LogP contribution in [0.2, 0.25) is 5.02 Å². The molecule has 0 aromatic heterocycles. The monoisotopic (exact) mass is 402 g/mol. The van der Waals surface area contributed by atoms with Gasteiger partial charge in [-0.2, -0.15) is 0 Å². The number of benzene rings is 2. The lowest BCUT2D eigenvalue weighted by molar-refractivity contribution is -0.113. The van der Waals surface area contributed by atoms with Gasteiger partial charge < -0.3 is 14.8 Å². The standard InChI is InChI=1S/C20H19ClN2O3S/c1-11-5-12(2)7-14(6-11)23-19(24)16(22-20(23)27)9-13-8-15(21)18(26-4)17(10-13)25-3/h5-10H,1-4H3,(H,22,27)/b16-9-. The number of halogens is 1. The molecule has 0 spiro atoms. The fourth-order valence-electron chi connectivity index (χ4n) is 3.04. The van der Waals surface area contributed by atoms with Crippen molar-refractivity contribution in [2.45, 2.75) is 13.8 Å². The second-order valence-electron chi connectivity index (χ2n) is 6.21. The van der Waals surface area contributed by atoms with E-state index in [4.69, 9.17) is 33.3 Å². The van der Waals surface area contributed by atoms with Gasteiger partial charge in [-0.3, -0.25) is 9.69 Å². The molecule has 1 aliphatic heterocycles. The van der Waals surface area contributed by atoms with Crippen molar-refractivity contribution in [2.24, 2.45) is 0 Å². The Labute approximate surface area is 168 Å². The van der Waals surface area contributed by atoms with E-state index in [1.807, 2.05) is 32.0 Å². The van der Waals surface area contributed by atoms with Gasteiger partial charge in [0.15, 0.2) is 16.6 Å². The van der Waals surface area contributed by atoms with Gasteiger partial charge in [0.05, 0.1) is 24.9 Å². The van der Waals surface area contributed by atoms with E-state index in [0.717, 1.165) is 16.8 Å². The normalized spacial score (nSPS) is 15.3. The van der Waals surface area contributed by atoms with Gasteiger partial charge in [0, 0.05) is 0 Å². The number of nitrogens with zero attached hydrogens (tertiary/aromatic N) is 1. The lowest BCUT2D eigenvalue weighted by atomic mass is 10.1. The molecule has 2 aromatic rings. The summed E-state index contributed by atoms with van der Waals surface area (Å²) in [5.74, 6) is 0.700. The van der Waals surface area contributed by atoms with E-state index >= 15 is 0 Å². The summed E-state index contributed by atoms with van der Waals surface area (Å²) in [5, 5.41) is 3.71. The van der Waals surface area contributed by atoms with Crippen molar-refractivity contribution in [3.63, 3.8) is 0 Å². The van der Waals surface area contributed by atoms with Crippen LogP contribution in [-0.2, 0) is 4.79 Å². The summed E-state index contributed by atoms with van der Waals surface area (Å²) in [5.41, 5.74) is 3.92. The van der Waals surface area contributed by atoms with Gasteiger partial charge in [-0.25, -0.2) is 0 Å². The predicted octanol–water partition coefficient (Wildman–Crippen LogP) is 4.24. The molecule has 27 heavy (non-hydrogen) atoms. The maximum absolute atomic E-state index is 12.9. The number of ether oxygens (including phenoxy) is 2. The molecular formula is C20H19ClN2O3S. The molecule has 2 aromatic carbocycles. The van der Waals surface area contributed by atoms with Crippen LogP contribution in [0.3, 0.4) is 0 Å². The highest BCUT2D eigenvalue weighted by atomic mass is 35.5. The Morgan fingerprint density at radius 2 is 1.74 bits per heavy atom. The van der Waals surface area contributed by atoms with Crippen molar-refractivity contribution in [2.75, 3.05) is 19.1 Å². The van der Waals surface area contributed by atoms with Crippen LogP contribution in [0.5, 0.6) is 11.5 Å². The third-order valence-corrected chi connectivity index (χ3v) is 4.68. The molecule has 1 N–H and O–H groups in total. The van der Waals surface area contributed by atoms with Crippen LogP contribution < -0.4 is 19.7 Å². The Bertz CT molecular complexity index is 952. The molecule has 0 aliphatic carbocycles. The Balaban J connectivity index is 1.98. The van der Waals surface area contributed by atoms with E-state index in [1.165, 1.54) is 19.1 Å². The number of aryl methyl sites for hydroxylation is 2. The molecule has 1 saturated heterocycles. The summed E-state index contributed by atoms with van der Waals surface area (Å²) < 4.78 is 10.5. The Morgan fingerprint density at radius 1 is 1.07 bits per heavy atom. The maximum atomic E-state index is 12.9. The SMILES string of the molecule is COc1cc(/C=C2\NC(=S)N(c3cc(C)cc(C)c3)C2=O)cc(Cl)c1OC. The minimum Gasteiger partial charge on any atom is -0.493 e. The summed E-state index contributed by atoms with van der Waals surface area (Å²) >= 11 is 11.6. The summed E-state index contributed by atoms with van der Waals surface area (Å²) in [6, 6.07) is 9.34. The zero-order valence-electron chi connectivity index (χ0n) is 15.4. The first kappa shape index (κ1) is 19.2. The van der Waals surface area contributed by atoms with Gasteiger partial charge in [-0.05, 0) is 73.1 Å². The molecular weight excluding hydrogens is 384 g/mol. The fraction of sp³-hybridized carbons (Fsp3) is 0.200. The van der Waals surface area contributed by atoms with Crippen molar-refractivity contribution in [1.29, 1.82) is 0 Å². The van der Waals surface area contributed by atoms with E-state index < -0.39 is 0 Å². The van der Waals surface area contributed by atoms with Crippen LogP contribution in [0.15, 0.2) is 36.0 Å². The highest BCUT2D eigenvalue weighted by Gasteiger charge is 2.32. The molecule has 3 rings (SSSR count). The number of anilines is 1.